The van der Waals surface area contributed by atoms with E-state index in [1.807, 2.05) is 6.92 Å². The van der Waals surface area contributed by atoms with Gasteiger partial charge in [0.25, 0.3) is 15.0 Å². The lowest BCUT2D eigenvalue weighted by atomic mass is 10.2. The first-order valence-electron chi connectivity index (χ1n) is 5.83. The lowest BCUT2D eigenvalue weighted by Crippen LogP contribution is -2.37. The van der Waals surface area contributed by atoms with Gasteiger partial charge in [0, 0.05) is 22.3 Å². The second kappa shape index (κ2) is 7.40. The third-order valence-corrected chi connectivity index (χ3v) is 4.70. The van der Waals surface area contributed by atoms with Crippen molar-refractivity contribution in [2.45, 2.75) is 24.3 Å². The zero-order valence-electron chi connectivity index (χ0n) is 11.0. The number of carbonyl (C=O) groups excluding carboxylic acids is 1. The Kier molecular flexibility index (Phi) is 6.44. The quantitative estimate of drug-likeness (QED) is 0.765. The fourth-order valence-electron chi connectivity index (χ4n) is 1.56. The monoisotopic (exact) mass is 383 g/mol. The summed E-state index contributed by atoms with van der Waals surface area (Å²) in [5.74, 6) is -0.386. The molecule has 1 unspecified atom stereocenters. The highest BCUT2D eigenvalue weighted by Crippen LogP contribution is 2.23. The summed E-state index contributed by atoms with van der Waals surface area (Å²) in [4.78, 5) is 12.0. The molecule has 1 N–H and O–H groups in total. The van der Waals surface area contributed by atoms with E-state index < -0.39 is 9.05 Å². The van der Waals surface area contributed by atoms with Gasteiger partial charge in [0.15, 0.2) is 0 Å². The van der Waals surface area contributed by atoms with Gasteiger partial charge in [-0.1, -0.05) is 6.92 Å². The van der Waals surface area contributed by atoms with Gasteiger partial charge in [-0.15, -0.1) is 0 Å². The van der Waals surface area contributed by atoms with Crippen LogP contribution < -0.4 is 5.32 Å². The standard InChI is InChI=1S/C12H15BrClNO4S/c1-3-8(7-19-2)15-12(16)10-6-9(20(14,17)18)4-5-11(10)13/h4-6,8H,3,7H2,1-2H3,(H,15,16). The normalized spacial score (nSPS) is 13.0. The molecule has 0 aliphatic rings. The summed E-state index contributed by atoms with van der Waals surface area (Å²) in [6.45, 7) is 2.30. The maximum atomic E-state index is 12.2. The molecule has 20 heavy (non-hydrogen) atoms. The van der Waals surface area contributed by atoms with Crippen molar-refractivity contribution in [3.05, 3.63) is 28.2 Å². The number of halogens is 2. The number of ether oxygens (including phenoxy) is 1. The lowest BCUT2D eigenvalue weighted by molar-refractivity contribution is 0.0893. The van der Waals surface area contributed by atoms with E-state index in [9.17, 15) is 13.2 Å². The fourth-order valence-corrected chi connectivity index (χ4v) is 2.76. The summed E-state index contributed by atoms with van der Waals surface area (Å²) < 4.78 is 28.1. The summed E-state index contributed by atoms with van der Waals surface area (Å²) in [5, 5.41) is 2.77. The Bertz CT molecular complexity index is 591. The van der Waals surface area contributed by atoms with Crippen LogP contribution in [0.1, 0.15) is 23.7 Å². The minimum absolute atomic E-state index is 0.118. The molecule has 1 amide bonds. The molecule has 8 heteroatoms. The van der Waals surface area contributed by atoms with Crippen molar-refractivity contribution in [1.29, 1.82) is 0 Å². The second-order valence-electron chi connectivity index (χ2n) is 4.11. The van der Waals surface area contributed by atoms with Crippen molar-refractivity contribution in [3.63, 3.8) is 0 Å². The predicted octanol–water partition coefficient (Wildman–Crippen LogP) is 2.53. The molecule has 0 saturated carbocycles. The van der Waals surface area contributed by atoms with Gasteiger partial charge in [0.1, 0.15) is 0 Å². The van der Waals surface area contributed by atoms with E-state index in [0.29, 0.717) is 17.5 Å². The maximum absolute atomic E-state index is 12.2. The van der Waals surface area contributed by atoms with E-state index in [2.05, 4.69) is 21.2 Å². The molecule has 1 aromatic carbocycles. The van der Waals surface area contributed by atoms with Crippen LogP contribution in [-0.4, -0.2) is 34.1 Å². The Labute approximate surface area is 131 Å². The summed E-state index contributed by atoms with van der Waals surface area (Å²) in [5.41, 5.74) is 0.210. The smallest absolute Gasteiger partial charge is 0.261 e. The van der Waals surface area contributed by atoms with Gasteiger partial charge < -0.3 is 10.1 Å². The summed E-state index contributed by atoms with van der Waals surface area (Å²) in [7, 11) is 2.95. The minimum atomic E-state index is -3.87. The van der Waals surface area contributed by atoms with E-state index in [4.69, 9.17) is 15.4 Å². The number of hydrogen-bond acceptors (Lipinski definition) is 4. The van der Waals surface area contributed by atoms with E-state index in [1.165, 1.54) is 18.2 Å². The molecular weight excluding hydrogens is 370 g/mol. The van der Waals surface area contributed by atoms with Gasteiger partial charge >= 0.3 is 0 Å². The molecule has 0 bridgehead atoms. The molecule has 0 radical (unpaired) electrons. The van der Waals surface area contributed by atoms with Crippen LogP contribution in [0.25, 0.3) is 0 Å². The molecule has 1 atom stereocenters. The first-order valence-corrected chi connectivity index (χ1v) is 8.93. The molecule has 0 aliphatic carbocycles. The topological polar surface area (TPSA) is 72.5 Å². The average molecular weight is 385 g/mol. The summed E-state index contributed by atoms with van der Waals surface area (Å²) in [6.07, 6.45) is 0.699. The van der Waals surface area contributed by atoms with E-state index in [0.717, 1.165) is 0 Å². The van der Waals surface area contributed by atoms with E-state index in [-0.39, 0.29) is 22.4 Å². The van der Waals surface area contributed by atoms with Crippen LogP contribution in [0.3, 0.4) is 0 Å². The summed E-state index contributed by atoms with van der Waals surface area (Å²) in [6, 6.07) is 3.90. The minimum Gasteiger partial charge on any atom is -0.383 e. The van der Waals surface area contributed by atoms with Crippen molar-refractivity contribution in [2.75, 3.05) is 13.7 Å². The van der Waals surface area contributed by atoms with Gasteiger partial charge in [-0.25, -0.2) is 8.42 Å². The Balaban J connectivity index is 3.03. The largest absolute Gasteiger partial charge is 0.383 e. The Morgan fingerprint density at radius 3 is 2.65 bits per heavy atom. The molecule has 0 aliphatic heterocycles. The third-order valence-electron chi connectivity index (χ3n) is 2.66. The van der Waals surface area contributed by atoms with Crippen LogP contribution in [0.2, 0.25) is 0 Å². The van der Waals surface area contributed by atoms with Crippen molar-refractivity contribution < 1.29 is 17.9 Å². The van der Waals surface area contributed by atoms with Crippen LogP contribution in [0.5, 0.6) is 0 Å². The number of hydrogen-bond donors (Lipinski definition) is 1. The Morgan fingerprint density at radius 1 is 1.50 bits per heavy atom. The molecule has 112 valence electrons. The Morgan fingerprint density at radius 2 is 2.15 bits per heavy atom. The third kappa shape index (κ3) is 4.73. The van der Waals surface area contributed by atoms with Crippen LogP contribution in [0, 0.1) is 0 Å². The highest BCUT2D eigenvalue weighted by atomic mass is 79.9. The fraction of sp³-hybridized carbons (Fsp3) is 0.417. The first-order chi connectivity index (χ1) is 9.29. The predicted molar refractivity (Wildman–Crippen MR) is 80.6 cm³/mol. The number of benzene rings is 1. The van der Waals surface area contributed by atoms with E-state index >= 15 is 0 Å². The van der Waals surface area contributed by atoms with Crippen molar-refractivity contribution in [1.82, 2.24) is 5.32 Å². The van der Waals surface area contributed by atoms with Gasteiger partial charge in [0.2, 0.25) is 0 Å². The average Bonchev–Trinajstić information content (AvgIpc) is 2.37. The maximum Gasteiger partial charge on any atom is 0.261 e. The number of rotatable bonds is 6. The van der Waals surface area contributed by atoms with Crippen LogP contribution >= 0.6 is 26.6 Å². The molecule has 0 aromatic heterocycles. The number of carbonyl (C=O) groups is 1. The molecule has 0 heterocycles. The van der Waals surface area contributed by atoms with Crippen molar-refractivity contribution in [3.8, 4) is 0 Å². The van der Waals surface area contributed by atoms with Gasteiger partial charge in [-0.2, -0.15) is 0 Å². The molecule has 1 rings (SSSR count). The van der Waals surface area contributed by atoms with Crippen molar-refractivity contribution >= 4 is 41.6 Å². The molecule has 5 nitrogen and oxygen atoms in total. The van der Waals surface area contributed by atoms with Crippen LogP contribution in [0.15, 0.2) is 27.6 Å². The number of nitrogens with one attached hydrogen (secondary N) is 1. The summed E-state index contributed by atoms with van der Waals surface area (Å²) >= 11 is 3.22. The zero-order valence-corrected chi connectivity index (χ0v) is 14.2. The molecule has 0 saturated heterocycles. The van der Waals surface area contributed by atoms with Gasteiger partial charge in [-0.3, -0.25) is 4.79 Å². The molecule has 0 spiro atoms. The molecule has 1 aromatic rings. The molecular formula is C12H15BrClNO4S. The first kappa shape index (κ1) is 17.4. The SMILES string of the molecule is CCC(COC)NC(=O)c1cc(S(=O)(=O)Cl)ccc1Br. The van der Waals surface area contributed by atoms with Crippen LogP contribution in [-0.2, 0) is 13.8 Å². The van der Waals surface area contributed by atoms with Crippen molar-refractivity contribution in [2.24, 2.45) is 0 Å². The lowest BCUT2D eigenvalue weighted by Gasteiger charge is -2.16. The molecule has 0 fully saturated rings. The number of amides is 1. The number of methoxy groups -OCH3 is 1. The highest BCUT2D eigenvalue weighted by Gasteiger charge is 2.18. The van der Waals surface area contributed by atoms with Gasteiger partial charge in [-0.05, 0) is 40.5 Å². The highest BCUT2D eigenvalue weighted by molar-refractivity contribution is 9.10. The van der Waals surface area contributed by atoms with Gasteiger partial charge in [0.05, 0.1) is 23.1 Å². The zero-order chi connectivity index (χ0) is 15.3. The second-order valence-corrected chi connectivity index (χ2v) is 7.53. The Hall–Kier alpha value is -0.630. The van der Waals surface area contributed by atoms with E-state index in [1.54, 1.807) is 7.11 Å². The van der Waals surface area contributed by atoms with Crippen LogP contribution in [0.4, 0.5) is 0 Å².